The van der Waals surface area contributed by atoms with Gasteiger partial charge in [-0.3, -0.25) is 0 Å². The van der Waals surface area contributed by atoms with Crippen LogP contribution in [0.1, 0.15) is 0 Å². The van der Waals surface area contributed by atoms with E-state index < -0.39 is 0 Å². The van der Waals surface area contributed by atoms with Gasteiger partial charge in [0.25, 0.3) is 0 Å². The van der Waals surface area contributed by atoms with Gasteiger partial charge in [0, 0.05) is 5.03 Å². The van der Waals surface area contributed by atoms with Crippen molar-refractivity contribution in [1.82, 2.24) is 0 Å². The summed E-state index contributed by atoms with van der Waals surface area (Å²) >= 11 is 5.39. The minimum atomic E-state index is -0.0140. The van der Waals surface area contributed by atoms with E-state index in [0.29, 0.717) is 5.03 Å². The van der Waals surface area contributed by atoms with Crippen LogP contribution in [-0.2, 0) is 0 Å². The minimum Gasteiger partial charge on any atom is -0.397 e. The zero-order valence-corrected chi connectivity index (χ0v) is 5.53. The summed E-state index contributed by atoms with van der Waals surface area (Å²) < 4.78 is 11.5. The van der Waals surface area contributed by atoms with E-state index in [-0.39, 0.29) is 12.0 Å². The Morgan fingerprint density at radius 2 is 2.22 bits per heavy atom. The summed E-state index contributed by atoms with van der Waals surface area (Å²) in [5, 5.41) is 0.321. The summed E-state index contributed by atoms with van der Waals surface area (Å²) in [7, 11) is 0. The summed E-state index contributed by atoms with van der Waals surface area (Å²) in [6.07, 6.45) is 2.92. The summed E-state index contributed by atoms with van der Waals surface area (Å²) in [6.45, 7) is 3.34. The van der Waals surface area contributed by atoms with Crippen LogP contribution >= 0.6 is 11.6 Å². The Morgan fingerprint density at radius 3 is 2.56 bits per heavy atom. The highest BCUT2D eigenvalue weighted by molar-refractivity contribution is 6.31. The number of hydrogen-bond acceptors (Lipinski definition) is 1. The molecule has 0 heterocycles. The maximum atomic E-state index is 11.5. The van der Waals surface area contributed by atoms with Crippen LogP contribution in [0.25, 0.3) is 0 Å². The maximum absolute atomic E-state index is 11.5. The first-order chi connectivity index (χ1) is 4.20. The van der Waals surface area contributed by atoms with Gasteiger partial charge in [0.1, 0.15) is 6.33 Å². The Morgan fingerprint density at radius 1 is 1.67 bits per heavy atom. The Balaban J connectivity index is 4.11. The van der Waals surface area contributed by atoms with E-state index in [1.807, 2.05) is 0 Å². The number of allylic oxidation sites excluding steroid dienone is 3. The summed E-state index contributed by atoms with van der Waals surface area (Å²) in [5.41, 5.74) is 5.01. The second-order valence-electron chi connectivity index (χ2n) is 1.34. The first-order valence-corrected chi connectivity index (χ1v) is 2.64. The third-order valence-corrected chi connectivity index (χ3v) is 0.889. The Labute approximate surface area is 58.3 Å². The lowest BCUT2D eigenvalue weighted by molar-refractivity contribution is 0.711. The molecule has 0 atom stereocenters. The largest absolute Gasteiger partial charge is 0.397 e. The Kier molecular flexibility index (Phi) is 3.80. The van der Waals surface area contributed by atoms with Gasteiger partial charge in [-0.25, -0.2) is 4.39 Å². The molecule has 0 aromatic rings. The molecule has 0 unspecified atom stereocenters. The molecule has 1 nitrogen and oxygen atoms in total. The molecule has 0 saturated heterocycles. The topological polar surface area (TPSA) is 26.0 Å². The van der Waals surface area contributed by atoms with Gasteiger partial charge in [-0.2, -0.15) is 0 Å². The van der Waals surface area contributed by atoms with E-state index in [2.05, 4.69) is 6.58 Å². The highest BCUT2D eigenvalue weighted by atomic mass is 35.5. The molecule has 9 heavy (non-hydrogen) atoms. The second kappa shape index (κ2) is 4.15. The van der Waals surface area contributed by atoms with Crippen molar-refractivity contribution in [1.29, 1.82) is 0 Å². The van der Waals surface area contributed by atoms with Crippen molar-refractivity contribution in [3.63, 3.8) is 0 Å². The molecule has 0 aliphatic carbocycles. The van der Waals surface area contributed by atoms with Crippen LogP contribution in [0, 0.1) is 0 Å². The fraction of sp³-hybridized carbons (Fsp3) is 0. The average molecular weight is 148 g/mol. The van der Waals surface area contributed by atoms with Crippen molar-refractivity contribution in [2.45, 2.75) is 0 Å². The third-order valence-electron chi connectivity index (χ3n) is 0.626. The molecule has 0 radical (unpaired) electrons. The molecule has 0 spiro atoms. The zero-order chi connectivity index (χ0) is 7.28. The predicted molar refractivity (Wildman–Crippen MR) is 37.5 cm³/mol. The lowest BCUT2D eigenvalue weighted by atomic mass is 10.4. The van der Waals surface area contributed by atoms with Crippen LogP contribution in [0.15, 0.2) is 35.8 Å². The van der Waals surface area contributed by atoms with Crippen LogP contribution in [0.2, 0.25) is 0 Å². The molecule has 0 aromatic heterocycles. The predicted octanol–water partition coefficient (Wildman–Crippen LogP) is 2.06. The maximum Gasteiger partial charge on any atom is 0.110 e. The lowest BCUT2D eigenvalue weighted by Crippen LogP contribution is -1.90. The standard InChI is InChI=1S/C6H7ClFN/c1-2-5(7)3-6(9)4-8/h2-4H,1,9H2/b5-3+,6-4-. The third kappa shape index (κ3) is 3.79. The molecule has 0 bridgehead atoms. The quantitative estimate of drug-likeness (QED) is 0.595. The Bertz CT molecular complexity index is 160. The molecule has 0 amide bonds. The van der Waals surface area contributed by atoms with E-state index in [0.717, 1.165) is 0 Å². The molecule has 0 aromatic carbocycles. The van der Waals surface area contributed by atoms with Gasteiger partial charge >= 0.3 is 0 Å². The monoisotopic (exact) mass is 147 g/mol. The zero-order valence-electron chi connectivity index (χ0n) is 4.77. The van der Waals surface area contributed by atoms with Gasteiger partial charge in [-0.05, 0) is 6.08 Å². The molecule has 0 aliphatic heterocycles. The van der Waals surface area contributed by atoms with Crippen LogP contribution < -0.4 is 5.73 Å². The van der Waals surface area contributed by atoms with Crippen molar-refractivity contribution in [2.75, 3.05) is 0 Å². The molecule has 0 rings (SSSR count). The second-order valence-corrected chi connectivity index (χ2v) is 1.78. The van der Waals surface area contributed by atoms with Crippen molar-refractivity contribution in [2.24, 2.45) is 5.73 Å². The van der Waals surface area contributed by atoms with Crippen LogP contribution in [-0.4, -0.2) is 0 Å². The molecule has 50 valence electrons. The van der Waals surface area contributed by atoms with E-state index in [1.54, 1.807) is 0 Å². The van der Waals surface area contributed by atoms with Crippen molar-refractivity contribution in [3.8, 4) is 0 Å². The highest BCUT2D eigenvalue weighted by Gasteiger charge is 1.84. The van der Waals surface area contributed by atoms with Gasteiger partial charge < -0.3 is 5.73 Å². The molecule has 3 heteroatoms. The van der Waals surface area contributed by atoms with Crippen LogP contribution in [0.4, 0.5) is 4.39 Å². The molecule has 0 fully saturated rings. The van der Waals surface area contributed by atoms with Gasteiger partial charge in [0.05, 0.1) is 5.70 Å². The normalized spacial score (nSPS) is 13.6. The number of rotatable bonds is 2. The van der Waals surface area contributed by atoms with Crippen molar-refractivity contribution >= 4 is 11.6 Å². The summed E-state index contributed by atoms with van der Waals surface area (Å²) in [6, 6.07) is 0. The first-order valence-electron chi connectivity index (χ1n) is 2.26. The van der Waals surface area contributed by atoms with Gasteiger partial charge in [-0.15, -0.1) is 0 Å². The first kappa shape index (κ1) is 8.24. The fourth-order valence-corrected chi connectivity index (χ4v) is 0.376. The van der Waals surface area contributed by atoms with Crippen LogP contribution in [0.5, 0.6) is 0 Å². The number of hydrogen-bond donors (Lipinski definition) is 1. The SMILES string of the molecule is C=C/C(Cl)=C\C(N)=C\F. The van der Waals surface area contributed by atoms with Crippen molar-refractivity contribution < 1.29 is 4.39 Å². The Hall–Kier alpha value is -0.760. The number of halogens is 2. The fourth-order valence-electron chi connectivity index (χ4n) is 0.250. The minimum absolute atomic E-state index is 0.0140. The van der Waals surface area contributed by atoms with E-state index in [9.17, 15) is 4.39 Å². The summed E-state index contributed by atoms with van der Waals surface area (Å²) in [4.78, 5) is 0. The highest BCUT2D eigenvalue weighted by Crippen LogP contribution is 2.03. The van der Waals surface area contributed by atoms with Crippen molar-refractivity contribution in [3.05, 3.63) is 35.8 Å². The molecule has 0 aliphatic rings. The smallest absolute Gasteiger partial charge is 0.110 e. The lowest BCUT2D eigenvalue weighted by Gasteiger charge is -1.87. The molecule has 0 saturated carbocycles. The van der Waals surface area contributed by atoms with E-state index >= 15 is 0 Å². The van der Waals surface area contributed by atoms with Gasteiger partial charge in [-0.1, -0.05) is 24.3 Å². The van der Waals surface area contributed by atoms with Gasteiger partial charge in [0.15, 0.2) is 0 Å². The van der Waals surface area contributed by atoms with E-state index in [4.69, 9.17) is 17.3 Å². The molecular weight excluding hydrogens is 141 g/mol. The number of nitrogens with two attached hydrogens (primary N) is 1. The van der Waals surface area contributed by atoms with Gasteiger partial charge in [0.2, 0.25) is 0 Å². The average Bonchev–Trinajstić information content (AvgIpc) is 1.87. The molecule has 2 N–H and O–H groups in total. The summed E-state index contributed by atoms with van der Waals surface area (Å²) in [5.74, 6) is 0. The van der Waals surface area contributed by atoms with E-state index in [1.165, 1.54) is 12.2 Å². The molecular formula is C6H7ClFN. The van der Waals surface area contributed by atoms with Crippen LogP contribution in [0.3, 0.4) is 0 Å².